The van der Waals surface area contributed by atoms with Gasteiger partial charge in [0.1, 0.15) is 11.3 Å². The third-order valence-corrected chi connectivity index (χ3v) is 8.15. The molecule has 4 aromatic heterocycles. The van der Waals surface area contributed by atoms with E-state index in [1.165, 1.54) is 11.1 Å². The maximum absolute atomic E-state index is 11.7. The average molecular weight is 534 g/mol. The SMILES string of the molecule is CC(=O)N1CCC(NC2CCc3cc(-n4c(-c5cccnc5N)nc5ccc(-n6cccn6)nc54)ccc32)CC1. The smallest absolute Gasteiger partial charge is 0.219 e. The number of nitrogens with two attached hydrogens (primary N) is 1. The molecular formula is C30H31N9O. The number of hydrogen-bond acceptors (Lipinski definition) is 7. The number of amides is 1. The van der Waals surface area contributed by atoms with E-state index in [4.69, 9.17) is 15.7 Å². The van der Waals surface area contributed by atoms with Crippen molar-refractivity contribution in [2.75, 3.05) is 18.8 Å². The van der Waals surface area contributed by atoms with Gasteiger partial charge in [-0.1, -0.05) is 6.07 Å². The highest BCUT2D eigenvalue weighted by atomic mass is 16.2. The number of aryl methyl sites for hydroxylation is 1. The van der Waals surface area contributed by atoms with Crippen LogP contribution in [0.3, 0.4) is 0 Å². The number of nitrogen functional groups attached to an aromatic ring is 1. The van der Waals surface area contributed by atoms with E-state index in [1.54, 1.807) is 24.0 Å². The molecule has 1 aliphatic heterocycles. The van der Waals surface area contributed by atoms with E-state index in [2.05, 4.69) is 38.2 Å². The predicted molar refractivity (Wildman–Crippen MR) is 153 cm³/mol. The molecule has 7 rings (SSSR count). The number of fused-ring (bicyclic) bond motifs is 2. The summed E-state index contributed by atoms with van der Waals surface area (Å²) in [5, 5.41) is 8.24. The van der Waals surface area contributed by atoms with Crippen molar-refractivity contribution >= 4 is 22.9 Å². The molecule has 40 heavy (non-hydrogen) atoms. The van der Waals surface area contributed by atoms with Gasteiger partial charge in [0.2, 0.25) is 5.91 Å². The Balaban J connectivity index is 1.26. The van der Waals surface area contributed by atoms with Gasteiger partial charge in [0, 0.05) is 56.4 Å². The van der Waals surface area contributed by atoms with Crippen molar-refractivity contribution < 1.29 is 4.79 Å². The van der Waals surface area contributed by atoms with E-state index < -0.39 is 0 Å². The van der Waals surface area contributed by atoms with Crippen molar-refractivity contribution in [2.45, 2.75) is 44.7 Å². The number of piperidine rings is 1. The topological polar surface area (TPSA) is 120 Å². The highest BCUT2D eigenvalue weighted by Gasteiger charge is 2.28. The molecule has 1 fully saturated rings. The minimum absolute atomic E-state index is 0.169. The van der Waals surface area contributed by atoms with Gasteiger partial charge in [-0.3, -0.25) is 9.36 Å². The molecule has 1 saturated heterocycles. The molecule has 5 heterocycles. The lowest BCUT2D eigenvalue weighted by Gasteiger charge is -2.33. The molecular weight excluding hydrogens is 502 g/mol. The Morgan fingerprint density at radius 1 is 1.02 bits per heavy atom. The van der Waals surface area contributed by atoms with Gasteiger partial charge in [-0.2, -0.15) is 5.10 Å². The molecule has 1 amide bonds. The minimum atomic E-state index is 0.169. The maximum Gasteiger partial charge on any atom is 0.219 e. The summed E-state index contributed by atoms with van der Waals surface area (Å²) in [5.74, 6) is 2.01. The molecule has 1 aliphatic carbocycles. The normalized spacial score (nSPS) is 17.4. The zero-order chi connectivity index (χ0) is 27.2. The lowest BCUT2D eigenvalue weighted by Crippen LogP contribution is -2.44. The Labute approximate surface area is 231 Å². The van der Waals surface area contributed by atoms with Crippen molar-refractivity contribution in [1.82, 2.24) is 39.5 Å². The number of aromatic nitrogens is 6. The Hall–Kier alpha value is -4.57. The first-order valence-electron chi connectivity index (χ1n) is 13.8. The van der Waals surface area contributed by atoms with E-state index >= 15 is 0 Å². The Morgan fingerprint density at radius 2 is 1.90 bits per heavy atom. The zero-order valence-electron chi connectivity index (χ0n) is 22.4. The summed E-state index contributed by atoms with van der Waals surface area (Å²) in [7, 11) is 0. The van der Waals surface area contributed by atoms with Crippen LogP contribution in [0.5, 0.6) is 0 Å². The fourth-order valence-corrected chi connectivity index (χ4v) is 6.07. The second-order valence-corrected chi connectivity index (χ2v) is 10.6. The number of imidazole rings is 1. The molecule has 2 aliphatic rings. The first-order chi connectivity index (χ1) is 19.5. The number of rotatable bonds is 5. The van der Waals surface area contributed by atoms with Gasteiger partial charge in [0.15, 0.2) is 17.3 Å². The molecule has 0 saturated carbocycles. The minimum Gasteiger partial charge on any atom is -0.383 e. The molecule has 0 spiro atoms. The molecule has 0 radical (unpaired) electrons. The number of carbonyl (C=O) groups excluding carboxylic acids is 1. The van der Waals surface area contributed by atoms with Crippen molar-refractivity contribution in [3.63, 3.8) is 0 Å². The van der Waals surface area contributed by atoms with Gasteiger partial charge >= 0.3 is 0 Å². The molecule has 3 N–H and O–H groups in total. The van der Waals surface area contributed by atoms with Crippen molar-refractivity contribution in [3.8, 4) is 22.9 Å². The van der Waals surface area contributed by atoms with Crippen LogP contribution in [0.25, 0.3) is 34.1 Å². The lowest BCUT2D eigenvalue weighted by atomic mass is 10.0. The standard InChI is InChI=1S/C30H31N9O/c1-19(40)37-16-11-21(12-17-37)34-25-8-5-20-18-22(6-7-23(20)25)39-29(24-4-2-13-32-28(24)31)35-26-9-10-27(36-30(26)39)38-15-3-14-33-38/h2-4,6-7,9-10,13-15,18,21,25,34H,5,8,11-12,16-17H2,1H3,(H2,31,32). The predicted octanol–water partition coefficient (Wildman–Crippen LogP) is 3.84. The average Bonchev–Trinajstić information content (AvgIpc) is 3.72. The van der Waals surface area contributed by atoms with Crippen molar-refractivity contribution in [2.24, 2.45) is 0 Å². The number of pyridine rings is 2. The Morgan fingerprint density at radius 3 is 2.67 bits per heavy atom. The van der Waals surface area contributed by atoms with Gasteiger partial charge in [0.05, 0.1) is 5.56 Å². The number of anilines is 1. The third kappa shape index (κ3) is 4.30. The van der Waals surface area contributed by atoms with Crippen LogP contribution >= 0.6 is 0 Å². The van der Waals surface area contributed by atoms with E-state index in [9.17, 15) is 4.79 Å². The van der Waals surface area contributed by atoms with Crippen LogP contribution in [-0.4, -0.2) is 59.2 Å². The molecule has 202 valence electrons. The molecule has 1 aromatic carbocycles. The largest absolute Gasteiger partial charge is 0.383 e. The highest BCUT2D eigenvalue weighted by molar-refractivity contribution is 5.83. The second kappa shape index (κ2) is 9.87. The van der Waals surface area contributed by atoms with Crippen molar-refractivity contribution in [1.29, 1.82) is 0 Å². The molecule has 10 nitrogen and oxygen atoms in total. The van der Waals surface area contributed by atoms with Crippen LogP contribution in [0.2, 0.25) is 0 Å². The fraction of sp³-hybridized carbons (Fsp3) is 0.300. The fourth-order valence-electron chi connectivity index (χ4n) is 6.07. The number of likely N-dealkylation sites (tertiary alicyclic amines) is 1. The van der Waals surface area contributed by atoms with Crippen LogP contribution in [-0.2, 0) is 11.2 Å². The molecule has 1 unspecified atom stereocenters. The van der Waals surface area contributed by atoms with Gasteiger partial charge in [-0.25, -0.2) is 19.6 Å². The van der Waals surface area contributed by atoms with E-state index in [1.807, 2.05) is 41.4 Å². The molecule has 5 aromatic rings. The van der Waals surface area contributed by atoms with Gasteiger partial charge < -0.3 is 16.0 Å². The first kappa shape index (κ1) is 24.5. The molecule has 1 atom stereocenters. The summed E-state index contributed by atoms with van der Waals surface area (Å²) in [4.78, 5) is 27.9. The maximum atomic E-state index is 11.7. The number of benzene rings is 1. The second-order valence-electron chi connectivity index (χ2n) is 10.6. The third-order valence-electron chi connectivity index (χ3n) is 8.15. The van der Waals surface area contributed by atoms with E-state index in [-0.39, 0.29) is 5.91 Å². The van der Waals surface area contributed by atoms with E-state index in [0.717, 1.165) is 61.2 Å². The summed E-state index contributed by atoms with van der Waals surface area (Å²) in [5.41, 5.74) is 12.2. The molecule has 10 heteroatoms. The van der Waals surface area contributed by atoms with E-state index in [0.29, 0.717) is 29.5 Å². The lowest BCUT2D eigenvalue weighted by molar-refractivity contribution is -0.129. The number of nitrogens with zero attached hydrogens (tertiary/aromatic N) is 7. The number of hydrogen-bond donors (Lipinski definition) is 2. The van der Waals surface area contributed by atoms with Crippen LogP contribution < -0.4 is 11.1 Å². The Kier molecular flexibility index (Phi) is 6.04. The van der Waals surface area contributed by atoms with Crippen LogP contribution in [0, 0.1) is 0 Å². The van der Waals surface area contributed by atoms with Gasteiger partial charge in [0.25, 0.3) is 0 Å². The summed E-state index contributed by atoms with van der Waals surface area (Å²) in [6.07, 6.45) is 9.34. The zero-order valence-corrected chi connectivity index (χ0v) is 22.4. The van der Waals surface area contributed by atoms with Crippen LogP contribution in [0.1, 0.15) is 43.4 Å². The summed E-state index contributed by atoms with van der Waals surface area (Å²) in [6.45, 7) is 3.31. The highest BCUT2D eigenvalue weighted by Crippen LogP contribution is 2.36. The Bertz CT molecular complexity index is 1700. The summed E-state index contributed by atoms with van der Waals surface area (Å²) < 4.78 is 3.82. The van der Waals surface area contributed by atoms with Gasteiger partial charge in [-0.05, 0) is 79.3 Å². The van der Waals surface area contributed by atoms with Crippen molar-refractivity contribution in [3.05, 3.63) is 78.2 Å². The quantitative estimate of drug-likeness (QED) is 0.352. The first-order valence-corrected chi connectivity index (χ1v) is 13.8. The van der Waals surface area contributed by atoms with Gasteiger partial charge in [-0.15, -0.1) is 0 Å². The number of carbonyl (C=O) groups is 1. The number of nitrogens with one attached hydrogen (secondary N) is 1. The monoisotopic (exact) mass is 533 g/mol. The molecule has 0 bridgehead atoms. The van der Waals surface area contributed by atoms with Crippen LogP contribution in [0.4, 0.5) is 5.82 Å². The summed E-state index contributed by atoms with van der Waals surface area (Å²) in [6, 6.07) is 17.0. The van der Waals surface area contributed by atoms with Crippen LogP contribution in [0.15, 0.2) is 67.1 Å². The summed E-state index contributed by atoms with van der Waals surface area (Å²) >= 11 is 0.